The quantitative estimate of drug-likeness (QED) is 0.404. The monoisotopic (exact) mass is 432 g/mol. The van der Waals surface area contributed by atoms with Gasteiger partial charge in [0.05, 0.1) is 17.8 Å². The Morgan fingerprint density at radius 3 is 2.47 bits per heavy atom. The summed E-state index contributed by atoms with van der Waals surface area (Å²) in [5.41, 5.74) is 2.17. The highest BCUT2D eigenvalue weighted by atomic mass is 19.1. The third-order valence-corrected chi connectivity index (χ3v) is 5.15. The fourth-order valence-electron chi connectivity index (χ4n) is 3.69. The number of hydrogen-bond donors (Lipinski definition) is 0. The first-order valence-electron chi connectivity index (χ1n) is 10.3. The molecular formula is C25H22F2N4O. The van der Waals surface area contributed by atoms with Crippen LogP contribution in [0.4, 0.5) is 8.78 Å². The van der Waals surface area contributed by atoms with E-state index >= 15 is 0 Å². The summed E-state index contributed by atoms with van der Waals surface area (Å²) in [6.45, 7) is 2.44. The van der Waals surface area contributed by atoms with Crippen LogP contribution in [0, 0.1) is 11.6 Å². The Morgan fingerprint density at radius 1 is 1.00 bits per heavy atom. The minimum atomic E-state index is -0.464. The van der Waals surface area contributed by atoms with E-state index in [9.17, 15) is 13.6 Å². The maximum Gasteiger partial charge on any atom is 0.257 e. The Morgan fingerprint density at radius 2 is 1.78 bits per heavy atom. The molecule has 0 saturated heterocycles. The number of aromatic nitrogens is 3. The lowest BCUT2D eigenvalue weighted by Gasteiger charge is -2.32. The maximum absolute atomic E-state index is 14.2. The van der Waals surface area contributed by atoms with E-state index in [4.69, 9.17) is 0 Å². The van der Waals surface area contributed by atoms with Crippen LogP contribution >= 0.6 is 0 Å². The van der Waals surface area contributed by atoms with Crippen molar-refractivity contribution in [1.82, 2.24) is 19.7 Å². The normalized spacial score (nSPS) is 11.8. The second-order valence-corrected chi connectivity index (χ2v) is 7.36. The average Bonchev–Trinajstić information content (AvgIpc) is 3.30. The Kier molecular flexibility index (Phi) is 6.35. The first-order chi connectivity index (χ1) is 15.6. The first kappa shape index (κ1) is 21.4. The van der Waals surface area contributed by atoms with E-state index in [1.165, 1.54) is 35.3 Å². The van der Waals surface area contributed by atoms with Crippen LogP contribution in [0.2, 0.25) is 0 Å². The van der Waals surface area contributed by atoms with Crippen LogP contribution in [-0.4, -0.2) is 32.1 Å². The lowest BCUT2D eigenvalue weighted by molar-refractivity contribution is 0.0706. The minimum Gasteiger partial charge on any atom is -0.327 e. The molecule has 0 aliphatic rings. The SMILES string of the molecule is CCCN(C(=O)c1cnn(-c2ccccc2F)c1)C(c1ccc(F)cc1)c1cccnc1. The van der Waals surface area contributed by atoms with Gasteiger partial charge in [0, 0.05) is 25.1 Å². The lowest BCUT2D eigenvalue weighted by Crippen LogP contribution is -2.36. The first-order valence-corrected chi connectivity index (χ1v) is 10.3. The second kappa shape index (κ2) is 9.51. The van der Waals surface area contributed by atoms with E-state index < -0.39 is 11.9 Å². The predicted molar refractivity (Wildman–Crippen MR) is 117 cm³/mol. The molecule has 2 aromatic carbocycles. The number of amides is 1. The van der Waals surface area contributed by atoms with Crippen molar-refractivity contribution in [3.05, 3.63) is 114 Å². The molecule has 4 aromatic rings. The summed E-state index contributed by atoms with van der Waals surface area (Å²) in [5, 5.41) is 4.19. The van der Waals surface area contributed by atoms with Crippen LogP contribution in [0.15, 0.2) is 85.5 Å². The van der Waals surface area contributed by atoms with Crippen LogP contribution in [-0.2, 0) is 0 Å². The molecule has 0 bridgehead atoms. The standard InChI is InChI=1S/C25H22F2N4O/c1-2-14-30(24(19-6-5-13-28-15-19)18-9-11-21(26)12-10-18)25(32)20-16-29-31(17-20)23-8-4-3-7-22(23)27/h3-13,15-17,24H,2,14H2,1H3. The van der Waals surface area contributed by atoms with Crippen LogP contribution in [0.25, 0.3) is 5.69 Å². The van der Waals surface area contributed by atoms with Gasteiger partial charge in [0.25, 0.3) is 5.91 Å². The van der Waals surface area contributed by atoms with Gasteiger partial charge in [-0.1, -0.05) is 37.3 Å². The van der Waals surface area contributed by atoms with E-state index in [2.05, 4.69) is 10.1 Å². The average molecular weight is 432 g/mol. The fraction of sp³-hybridized carbons (Fsp3) is 0.160. The molecule has 0 radical (unpaired) electrons. The van der Waals surface area contributed by atoms with Crippen molar-refractivity contribution in [2.75, 3.05) is 6.54 Å². The zero-order chi connectivity index (χ0) is 22.5. The van der Waals surface area contributed by atoms with Crippen molar-refractivity contribution in [1.29, 1.82) is 0 Å². The molecule has 0 aliphatic heterocycles. The number of rotatable bonds is 7. The molecule has 1 unspecified atom stereocenters. The highest BCUT2D eigenvalue weighted by Crippen LogP contribution is 2.30. The molecule has 0 fully saturated rings. The number of benzene rings is 2. The molecule has 0 N–H and O–H groups in total. The molecule has 1 atom stereocenters. The van der Waals surface area contributed by atoms with Gasteiger partial charge in [0.1, 0.15) is 17.3 Å². The highest BCUT2D eigenvalue weighted by molar-refractivity contribution is 5.94. The van der Waals surface area contributed by atoms with Gasteiger partial charge < -0.3 is 4.90 Å². The molecule has 32 heavy (non-hydrogen) atoms. The molecular weight excluding hydrogens is 410 g/mol. The lowest BCUT2D eigenvalue weighted by atomic mass is 9.97. The van der Waals surface area contributed by atoms with Crippen LogP contribution in [0.3, 0.4) is 0 Å². The molecule has 2 heterocycles. The molecule has 162 valence electrons. The summed E-state index contributed by atoms with van der Waals surface area (Å²) >= 11 is 0. The molecule has 5 nitrogen and oxygen atoms in total. The minimum absolute atomic E-state index is 0.257. The van der Waals surface area contributed by atoms with Gasteiger partial charge in [-0.15, -0.1) is 0 Å². The van der Waals surface area contributed by atoms with Crippen molar-refractivity contribution in [2.45, 2.75) is 19.4 Å². The van der Waals surface area contributed by atoms with Crippen LogP contribution in [0.5, 0.6) is 0 Å². The number of para-hydroxylation sites is 1. The van der Waals surface area contributed by atoms with Gasteiger partial charge in [-0.25, -0.2) is 13.5 Å². The number of carbonyl (C=O) groups is 1. The van der Waals surface area contributed by atoms with Crippen LogP contribution in [0.1, 0.15) is 40.9 Å². The molecule has 4 rings (SSSR count). The molecule has 0 saturated carbocycles. The zero-order valence-electron chi connectivity index (χ0n) is 17.5. The van der Waals surface area contributed by atoms with Gasteiger partial charge in [-0.05, 0) is 47.9 Å². The molecule has 2 aromatic heterocycles. The van der Waals surface area contributed by atoms with Gasteiger partial charge in [0.15, 0.2) is 0 Å². The van der Waals surface area contributed by atoms with Crippen molar-refractivity contribution in [3.8, 4) is 5.69 Å². The fourth-order valence-corrected chi connectivity index (χ4v) is 3.69. The largest absolute Gasteiger partial charge is 0.327 e. The summed E-state index contributed by atoms with van der Waals surface area (Å²) in [5.74, 6) is -1.04. The van der Waals surface area contributed by atoms with E-state index in [0.29, 0.717) is 18.5 Å². The van der Waals surface area contributed by atoms with E-state index in [1.54, 1.807) is 53.7 Å². The number of carbonyl (C=O) groups excluding carboxylic acids is 1. The molecule has 0 spiro atoms. The summed E-state index contributed by atoms with van der Waals surface area (Å²) in [6.07, 6.45) is 7.03. The highest BCUT2D eigenvalue weighted by Gasteiger charge is 2.28. The molecule has 1 amide bonds. The van der Waals surface area contributed by atoms with Crippen molar-refractivity contribution < 1.29 is 13.6 Å². The predicted octanol–water partition coefficient (Wildman–Crippen LogP) is 5.19. The van der Waals surface area contributed by atoms with E-state index in [-0.39, 0.29) is 17.4 Å². The van der Waals surface area contributed by atoms with Gasteiger partial charge >= 0.3 is 0 Å². The second-order valence-electron chi connectivity index (χ2n) is 7.36. The van der Waals surface area contributed by atoms with Crippen molar-refractivity contribution in [3.63, 3.8) is 0 Å². The topological polar surface area (TPSA) is 51.0 Å². The van der Waals surface area contributed by atoms with Gasteiger partial charge in [0.2, 0.25) is 0 Å². The van der Waals surface area contributed by atoms with E-state index in [1.807, 2.05) is 13.0 Å². The Labute approximate surface area is 185 Å². The zero-order valence-corrected chi connectivity index (χ0v) is 17.5. The maximum atomic E-state index is 14.2. The smallest absolute Gasteiger partial charge is 0.257 e. The van der Waals surface area contributed by atoms with E-state index in [0.717, 1.165) is 11.1 Å². The number of pyridine rings is 1. The third kappa shape index (κ3) is 4.42. The Hall–Kier alpha value is -3.87. The summed E-state index contributed by atoms with van der Waals surface area (Å²) < 4.78 is 29.1. The van der Waals surface area contributed by atoms with Crippen molar-refractivity contribution in [2.24, 2.45) is 0 Å². The van der Waals surface area contributed by atoms with Gasteiger partial charge in [-0.3, -0.25) is 9.78 Å². The molecule has 7 heteroatoms. The number of hydrogen-bond acceptors (Lipinski definition) is 3. The van der Waals surface area contributed by atoms with Crippen LogP contribution < -0.4 is 0 Å². The Bertz CT molecular complexity index is 1190. The molecule has 0 aliphatic carbocycles. The number of halogens is 2. The summed E-state index contributed by atoms with van der Waals surface area (Å²) in [7, 11) is 0. The third-order valence-electron chi connectivity index (χ3n) is 5.15. The van der Waals surface area contributed by atoms with Crippen molar-refractivity contribution >= 4 is 5.91 Å². The number of nitrogens with zero attached hydrogens (tertiary/aromatic N) is 4. The summed E-state index contributed by atoms with van der Waals surface area (Å²) in [4.78, 5) is 19.5. The summed E-state index contributed by atoms with van der Waals surface area (Å²) in [6, 6.07) is 15.6. The Balaban J connectivity index is 1.74. The van der Waals surface area contributed by atoms with Gasteiger partial charge in [-0.2, -0.15) is 5.10 Å².